The van der Waals surface area contributed by atoms with E-state index in [2.05, 4.69) is 15.5 Å². The number of H-pyrrole nitrogens is 1. The molecular formula is C14H19N5O4. The number of carbonyl (C=O) groups excluding carboxylic acids is 3. The molecule has 0 saturated carbocycles. The van der Waals surface area contributed by atoms with Gasteiger partial charge < -0.3 is 15.1 Å². The van der Waals surface area contributed by atoms with Gasteiger partial charge in [-0.05, 0) is 6.07 Å². The Labute approximate surface area is 132 Å². The van der Waals surface area contributed by atoms with Gasteiger partial charge in [-0.2, -0.15) is 5.10 Å². The van der Waals surface area contributed by atoms with Crippen LogP contribution in [0, 0.1) is 5.92 Å². The van der Waals surface area contributed by atoms with Gasteiger partial charge in [-0.1, -0.05) is 0 Å². The lowest BCUT2D eigenvalue weighted by Crippen LogP contribution is -2.42. The van der Waals surface area contributed by atoms with E-state index in [-0.39, 0.29) is 36.5 Å². The number of nitrogens with zero attached hydrogens (tertiary/aromatic N) is 3. The summed E-state index contributed by atoms with van der Waals surface area (Å²) in [5.41, 5.74) is -0.306. The average molecular weight is 321 g/mol. The molecule has 124 valence electrons. The number of hydrogen-bond acceptors (Lipinski definition) is 5. The number of rotatable bonds is 2. The molecule has 23 heavy (non-hydrogen) atoms. The molecule has 3 amide bonds. The van der Waals surface area contributed by atoms with Crippen LogP contribution in [0.5, 0.6) is 0 Å². The Morgan fingerprint density at radius 1 is 1.22 bits per heavy atom. The number of nitrogens with one attached hydrogen (secondary N) is 2. The minimum absolute atomic E-state index is 0.0940. The van der Waals surface area contributed by atoms with Crippen molar-refractivity contribution < 1.29 is 14.4 Å². The maximum atomic E-state index is 12.5. The van der Waals surface area contributed by atoms with E-state index in [1.54, 1.807) is 4.90 Å². The average Bonchev–Trinajstić information content (AvgIpc) is 2.77. The topological polar surface area (TPSA) is 115 Å². The maximum Gasteiger partial charge on any atom is 0.274 e. The maximum absolute atomic E-state index is 12.5. The quantitative estimate of drug-likeness (QED) is 0.683. The van der Waals surface area contributed by atoms with E-state index in [1.807, 2.05) is 0 Å². The van der Waals surface area contributed by atoms with Crippen LogP contribution >= 0.6 is 0 Å². The first-order valence-corrected chi connectivity index (χ1v) is 7.24. The van der Waals surface area contributed by atoms with Crippen LogP contribution in [0.4, 0.5) is 0 Å². The third kappa shape index (κ3) is 3.93. The summed E-state index contributed by atoms with van der Waals surface area (Å²) in [7, 11) is 1.51. The van der Waals surface area contributed by atoms with Gasteiger partial charge in [0.25, 0.3) is 11.5 Å². The van der Waals surface area contributed by atoms with E-state index in [9.17, 15) is 19.2 Å². The van der Waals surface area contributed by atoms with Crippen LogP contribution in [-0.2, 0) is 9.59 Å². The van der Waals surface area contributed by atoms with Crippen molar-refractivity contribution in [2.75, 3.05) is 33.2 Å². The van der Waals surface area contributed by atoms with Gasteiger partial charge in [0, 0.05) is 46.2 Å². The molecule has 0 radical (unpaired) electrons. The fraction of sp³-hybridized carbons (Fsp3) is 0.500. The molecule has 1 aliphatic heterocycles. The van der Waals surface area contributed by atoms with Crippen molar-refractivity contribution in [3.05, 3.63) is 28.2 Å². The van der Waals surface area contributed by atoms with Crippen LogP contribution in [0.15, 0.2) is 16.9 Å². The summed E-state index contributed by atoms with van der Waals surface area (Å²) in [6, 6.07) is 2.56. The monoisotopic (exact) mass is 321 g/mol. The van der Waals surface area contributed by atoms with Crippen molar-refractivity contribution in [2.24, 2.45) is 5.92 Å². The molecule has 1 saturated heterocycles. The molecule has 1 aromatic heterocycles. The number of aromatic nitrogens is 2. The van der Waals surface area contributed by atoms with E-state index in [0.717, 1.165) is 0 Å². The van der Waals surface area contributed by atoms with Gasteiger partial charge in [0.05, 0.1) is 5.92 Å². The number of carbonyl (C=O) groups is 3. The van der Waals surface area contributed by atoms with Gasteiger partial charge >= 0.3 is 0 Å². The molecule has 9 heteroatoms. The van der Waals surface area contributed by atoms with Gasteiger partial charge in [0.15, 0.2) is 0 Å². The minimum atomic E-state index is -0.516. The lowest BCUT2D eigenvalue weighted by atomic mass is 10.1. The van der Waals surface area contributed by atoms with Crippen LogP contribution in [-0.4, -0.2) is 70.9 Å². The highest BCUT2D eigenvalue weighted by molar-refractivity contribution is 5.92. The Morgan fingerprint density at radius 2 is 1.87 bits per heavy atom. The molecule has 1 atom stereocenters. The Bertz CT molecular complexity index is 651. The second kappa shape index (κ2) is 7.03. The van der Waals surface area contributed by atoms with Crippen molar-refractivity contribution in [3.8, 4) is 0 Å². The standard InChI is InChI=1S/C14H19N5O4/c1-9(20)18-5-6-19(8-10(7-18)13(22)15-2)14(23)11-3-4-12(21)17-16-11/h3-4,10H,5-8H2,1-2H3,(H,15,22)(H,17,21)/t10-/m0/s1. The van der Waals surface area contributed by atoms with Crippen LogP contribution in [0.3, 0.4) is 0 Å². The summed E-state index contributed by atoms with van der Waals surface area (Å²) in [5.74, 6) is -1.28. The fourth-order valence-corrected chi connectivity index (χ4v) is 2.48. The highest BCUT2D eigenvalue weighted by atomic mass is 16.2. The SMILES string of the molecule is CNC(=O)[C@H]1CN(C(C)=O)CCN(C(=O)c2ccc(=O)[nH]n2)C1. The lowest BCUT2D eigenvalue weighted by molar-refractivity contribution is -0.130. The molecule has 2 heterocycles. The third-order valence-electron chi connectivity index (χ3n) is 3.77. The fourth-order valence-electron chi connectivity index (χ4n) is 2.48. The lowest BCUT2D eigenvalue weighted by Gasteiger charge is -2.22. The molecular weight excluding hydrogens is 302 g/mol. The van der Waals surface area contributed by atoms with E-state index in [1.165, 1.54) is 31.0 Å². The Balaban J connectivity index is 2.22. The van der Waals surface area contributed by atoms with Crippen molar-refractivity contribution in [1.29, 1.82) is 0 Å². The summed E-state index contributed by atoms with van der Waals surface area (Å²) in [5, 5.41) is 8.48. The molecule has 0 aliphatic carbocycles. The highest BCUT2D eigenvalue weighted by Crippen LogP contribution is 2.12. The summed E-state index contributed by atoms with van der Waals surface area (Å²) >= 11 is 0. The second-order valence-electron chi connectivity index (χ2n) is 5.33. The molecule has 9 nitrogen and oxygen atoms in total. The Morgan fingerprint density at radius 3 is 2.43 bits per heavy atom. The second-order valence-corrected chi connectivity index (χ2v) is 5.33. The summed E-state index contributed by atoms with van der Waals surface area (Å²) < 4.78 is 0. The van der Waals surface area contributed by atoms with E-state index in [4.69, 9.17) is 0 Å². The molecule has 1 fully saturated rings. The Kier molecular flexibility index (Phi) is 5.09. The molecule has 0 unspecified atom stereocenters. The first-order valence-electron chi connectivity index (χ1n) is 7.24. The largest absolute Gasteiger partial charge is 0.359 e. The zero-order chi connectivity index (χ0) is 17.0. The first-order chi connectivity index (χ1) is 10.9. The Hall–Kier alpha value is -2.71. The molecule has 1 aliphatic rings. The van der Waals surface area contributed by atoms with Gasteiger partial charge in [-0.3, -0.25) is 19.2 Å². The smallest absolute Gasteiger partial charge is 0.274 e. The van der Waals surface area contributed by atoms with E-state index < -0.39 is 11.5 Å². The molecule has 0 aromatic carbocycles. The third-order valence-corrected chi connectivity index (χ3v) is 3.77. The predicted molar refractivity (Wildman–Crippen MR) is 80.6 cm³/mol. The van der Waals surface area contributed by atoms with Crippen molar-refractivity contribution in [3.63, 3.8) is 0 Å². The predicted octanol–water partition coefficient (Wildman–Crippen LogP) is -1.56. The molecule has 2 rings (SSSR count). The molecule has 1 aromatic rings. The zero-order valence-corrected chi connectivity index (χ0v) is 13.0. The van der Waals surface area contributed by atoms with Crippen LogP contribution in [0.1, 0.15) is 17.4 Å². The molecule has 0 spiro atoms. The van der Waals surface area contributed by atoms with Gasteiger partial charge in [0.2, 0.25) is 11.8 Å². The van der Waals surface area contributed by atoms with Crippen molar-refractivity contribution in [1.82, 2.24) is 25.3 Å². The summed E-state index contributed by atoms with van der Waals surface area (Å²) in [4.78, 5) is 50.2. The normalized spacial score (nSPS) is 18.3. The minimum Gasteiger partial charge on any atom is -0.359 e. The number of hydrogen-bond donors (Lipinski definition) is 2. The van der Waals surface area contributed by atoms with Crippen molar-refractivity contribution >= 4 is 17.7 Å². The number of aromatic amines is 1. The van der Waals surface area contributed by atoms with Crippen LogP contribution < -0.4 is 10.9 Å². The van der Waals surface area contributed by atoms with Gasteiger partial charge in [-0.15, -0.1) is 0 Å². The molecule has 2 N–H and O–H groups in total. The first kappa shape index (κ1) is 16.7. The van der Waals surface area contributed by atoms with Gasteiger partial charge in [0.1, 0.15) is 5.69 Å². The van der Waals surface area contributed by atoms with Crippen molar-refractivity contribution in [2.45, 2.75) is 6.92 Å². The summed E-state index contributed by atoms with van der Waals surface area (Å²) in [6.07, 6.45) is 0. The summed E-state index contributed by atoms with van der Waals surface area (Å²) in [6.45, 7) is 2.52. The number of amides is 3. The van der Waals surface area contributed by atoms with Gasteiger partial charge in [-0.25, -0.2) is 5.10 Å². The van der Waals surface area contributed by atoms with E-state index in [0.29, 0.717) is 13.1 Å². The molecule has 0 bridgehead atoms. The van der Waals surface area contributed by atoms with E-state index >= 15 is 0 Å². The van der Waals surface area contributed by atoms with Crippen LogP contribution in [0.2, 0.25) is 0 Å². The zero-order valence-electron chi connectivity index (χ0n) is 13.0. The highest BCUT2D eigenvalue weighted by Gasteiger charge is 2.31. The van der Waals surface area contributed by atoms with Crippen LogP contribution in [0.25, 0.3) is 0 Å².